The summed E-state index contributed by atoms with van der Waals surface area (Å²) in [5.41, 5.74) is 0.174. The standard InChI is InChI=1S/C13H14ClF2NO2/c14-9-3-1-8(2-4-9)13(5-6-13)12(19)17-7-10(18)11(15)16/h1-4,10-11,18H,5-7H2,(H,17,19). The van der Waals surface area contributed by atoms with E-state index >= 15 is 0 Å². The number of aliphatic hydroxyl groups is 1. The zero-order valence-electron chi connectivity index (χ0n) is 10.1. The SMILES string of the molecule is O=C(NCC(O)C(F)F)C1(c2ccc(Cl)cc2)CC1. The number of carbonyl (C=O) groups excluding carboxylic acids is 1. The van der Waals surface area contributed by atoms with E-state index in [1.54, 1.807) is 24.3 Å². The maximum Gasteiger partial charge on any atom is 0.265 e. The van der Waals surface area contributed by atoms with E-state index in [1.807, 2.05) is 0 Å². The summed E-state index contributed by atoms with van der Waals surface area (Å²) in [5, 5.41) is 11.9. The van der Waals surface area contributed by atoms with E-state index in [1.165, 1.54) is 0 Å². The van der Waals surface area contributed by atoms with Crippen molar-refractivity contribution in [2.45, 2.75) is 30.8 Å². The normalized spacial score (nSPS) is 18.2. The lowest BCUT2D eigenvalue weighted by atomic mass is 9.95. The molecule has 0 radical (unpaired) electrons. The van der Waals surface area contributed by atoms with Gasteiger partial charge in [0, 0.05) is 11.6 Å². The van der Waals surface area contributed by atoms with E-state index in [4.69, 9.17) is 16.7 Å². The Bertz CT molecular complexity index is 460. The number of alkyl halides is 2. The fraction of sp³-hybridized carbons (Fsp3) is 0.462. The molecular weight excluding hydrogens is 276 g/mol. The molecule has 104 valence electrons. The molecule has 1 aliphatic rings. The predicted molar refractivity (Wildman–Crippen MR) is 67.4 cm³/mol. The number of halogens is 3. The zero-order valence-corrected chi connectivity index (χ0v) is 10.8. The quantitative estimate of drug-likeness (QED) is 0.872. The molecule has 1 aromatic rings. The molecular formula is C13H14ClF2NO2. The van der Waals surface area contributed by atoms with Crippen LogP contribution in [0.5, 0.6) is 0 Å². The molecule has 1 saturated carbocycles. The van der Waals surface area contributed by atoms with Gasteiger partial charge in [-0.15, -0.1) is 0 Å². The fourth-order valence-corrected chi connectivity index (χ4v) is 2.12. The first-order valence-corrected chi connectivity index (χ1v) is 6.34. The van der Waals surface area contributed by atoms with Crippen LogP contribution in [-0.4, -0.2) is 30.1 Å². The van der Waals surface area contributed by atoms with Crippen LogP contribution in [0.4, 0.5) is 8.78 Å². The monoisotopic (exact) mass is 289 g/mol. The molecule has 19 heavy (non-hydrogen) atoms. The van der Waals surface area contributed by atoms with Crippen LogP contribution in [0.1, 0.15) is 18.4 Å². The highest BCUT2D eigenvalue weighted by Crippen LogP contribution is 2.48. The molecule has 1 unspecified atom stereocenters. The number of aliphatic hydroxyl groups excluding tert-OH is 1. The fourth-order valence-electron chi connectivity index (χ4n) is 2.00. The Hall–Kier alpha value is -1.20. The number of benzene rings is 1. The number of carbonyl (C=O) groups is 1. The molecule has 2 rings (SSSR count). The van der Waals surface area contributed by atoms with Gasteiger partial charge in [0.15, 0.2) is 0 Å². The largest absolute Gasteiger partial charge is 0.385 e. The minimum atomic E-state index is -2.86. The van der Waals surface area contributed by atoms with Crippen LogP contribution in [0.3, 0.4) is 0 Å². The molecule has 6 heteroatoms. The van der Waals surface area contributed by atoms with E-state index in [-0.39, 0.29) is 5.91 Å². The third-order valence-electron chi connectivity index (χ3n) is 3.34. The van der Waals surface area contributed by atoms with Crippen LogP contribution in [0.15, 0.2) is 24.3 Å². The van der Waals surface area contributed by atoms with Crippen molar-refractivity contribution in [3.8, 4) is 0 Å². The number of amides is 1. The molecule has 1 fully saturated rings. The molecule has 1 amide bonds. The van der Waals surface area contributed by atoms with Crippen molar-refractivity contribution in [3.05, 3.63) is 34.9 Å². The molecule has 2 N–H and O–H groups in total. The van der Waals surface area contributed by atoms with Crippen molar-refractivity contribution < 1.29 is 18.7 Å². The summed E-state index contributed by atoms with van der Waals surface area (Å²) in [5.74, 6) is -0.325. The van der Waals surface area contributed by atoms with Gasteiger partial charge in [0.05, 0.1) is 5.41 Å². The maximum atomic E-state index is 12.1. The molecule has 3 nitrogen and oxygen atoms in total. The molecule has 0 spiro atoms. The van der Waals surface area contributed by atoms with Crippen molar-refractivity contribution in [1.82, 2.24) is 5.32 Å². The number of nitrogens with one attached hydrogen (secondary N) is 1. The number of hydrogen-bond donors (Lipinski definition) is 2. The van der Waals surface area contributed by atoms with Crippen LogP contribution in [0.25, 0.3) is 0 Å². The van der Waals surface area contributed by atoms with Gasteiger partial charge in [0.1, 0.15) is 6.10 Å². The topological polar surface area (TPSA) is 49.3 Å². The van der Waals surface area contributed by atoms with Gasteiger partial charge in [-0.2, -0.15) is 0 Å². The van der Waals surface area contributed by atoms with Gasteiger partial charge in [-0.25, -0.2) is 8.78 Å². The van der Waals surface area contributed by atoms with E-state index in [9.17, 15) is 13.6 Å². The second kappa shape index (κ2) is 5.43. The number of hydrogen-bond acceptors (Lipinski definition) is 2. The first-order chi connectivity index (χ1) is 8.95. The van der Waals surface area contributed by atoms with Gasteiger partial charge in [0.2, 0.25) is 5.91 Å². The average Bonchev–Trinajstić information content (AvgIpc) is 3.17. The van der Waals surface area contributed by atoms with Crippen LogP contribution in [0.2, 0.25) is 5.02 Å². The Labute approximate surface area is 114 Å². The van der Waals surface area contributed by atoms with Crippen LogP contribution < -0.4 is 5.32 Å². The third kappa shape index (κ3) is 3.04. The predicted octanol–water partition coefficient (Wildman–Crippen LogP) is 2.11. The highest BCUT2D eigenvalue weighted by Gasteiger charge is 2.51. The average molecular weight is 290 g/mol. The number of rotatable bonds is 5. The van der Waals surface area contributed by atoms with E-state index < -0.39 is 24.5 Å². The van der Waals surface area contributed by atoms with Crippen LogP contribution >= 0.6 is 11.6 Å². The molecule has 1 atom stereocenters. The van der Waals surface area contributed by atoms with E-state index in [0.717, 1.165) is 5.56 Å². The Morgan fingerprint density at radius 2 is 1.95 bits per heavy atom. The van der Waals surface area contributed by atoms with Crippen molar-refractivity contribution in [3.63, 3.8) is 0 Å². The first-order valence-electron chi connectivity index (χ1n) is 5.96. The summed E-state index contributed by atoms with van der Waals surface area (Å²) in [6.45, 7) is -0.439. The third-order valence-corrected chi connectivity index (χ3v) is 3.60. The maximum absolute atomic E-state index is 12.1. The van der Waals surface area contributed by atoms with Crippen LogP contribution in [0, 0.1) is 0 Å². The lowest BCUT2D eigenvalue weighted by Gasteiger charge is -2.17. The first kappa shape index (κ1) is 14.2. The van der Waals surface area contributed by atoms with Gasteiger partial charge in [0.25, 0.3) is 6.43 Å². The lowest BCUT2D eigenvalue weighted by molar-refractivity contribution is -0.124. The molecule has 0 bridgehead atoms. The van der Waals surface area contributed by atoms with Gasteiger partial charge in [-0.3, -0.25) is 4.79 Å². The summed E-state index contributed by atoms with van der Waals surface area (Å²) in [7, 11) is 0. The molecule has 0 heterocycles. The van der Waals surface area contributed by atoms with Gasteiger partial charge >= 0.3 is 0 Å². The lowest BCUT2D eigenvalue weighted by Crippen LogP contribution is -2.41. The van der Waals surface area contributed by atoms with Gasteiger partial charge < -0.3 is 10.4 Å². The minimum Gasteiger partial charge on any atom is -0.385 e. The summed E-state index contributed by atoms with van der Waals surface area (Å²) < 4.78 is 24.3. The Balaban J connectivity index is 2.00. The zero-order chi connectivity index (χ0) is 14.0. The Morgan fingerprint density at radius 3 is 2.42 bits per heavy atom. The Kier molecular flexibility index (Phi) is 4.06. The molecule has 0 aliphatic heterocycles. The van der Waals surface area contributed by atoms with Crippen molar-refractivity contribution in [2.24, 2.45) is 0 Å². The highest BCUT2D eigenvalue weighted by molar-refractivity contribution is 6.30. The molecule has 0 saturated heterocycles. The van der Waals surface area contributed by atoms with Gasteiger partial charge in [-0.05, 0) is 30.5 Å². The van der Waals surface area contributed by atoms with Crippen molar-refractivity contribution >= 4 is 17.5 Å². The summed E-state index contributed by atoms with van der Waals surface area (Å²) in [4.78, 5) is 12.0. The smallest absolute Gasteiger partial charge is 0.265 e. The highest BCUT2D eigenvalue weighted by atomic mass is 35.5. The second-order valence-corrected chi connectivity index (χ2v) is 5.14. The van der Waals surface area contributed by atoms with Crippen molar-refractivity contribution in [2.75, 3.05) is 6.54 Å². The van der Waals surface area contributed by atoms with E-state index in [2.05, 4.69) is 5.32 Å². The van der Waals surface area contributed by atoms with E-state index in [0.29, 0.717) is 17.9 Å². The molecule has 1 aliphatic carbocycles. The minimum absolute atomic E-state index is 0.325. The van der Waals surface area contributed by atoms with Crippen molar-refractivity contribution in [1.29, 1.82) is 0 Å². The summed E-state index contributed by atoms with van der Waals surface area (Å²) in [6, 6.07) is 6.91. The summed E-state index contributed by atoms with van der Waals surface area (Å²) >= 11 is 5.78. The summed E-state index contributed by atoms with van der Waals surface area (Å²) in [6.07, 6.45) is -3.34. The second-order valence-electron chi connectivity index (χ2n) is 4.70. The molecule has 0 aromatic heterocycles. The molecule has 1 aromatic carbocycles. The van der Waals surface area contributed by atoms with Crippen LogP contribution in [-0.2, 0) is 10.2 Å². The van der Waals surface area contributed by atoms with Gasteiger partial charge in [-0.1, -0.05) is 23.7 Å². The Morgan fingerprint density at radius 1 is 1.37 bits per heavy atom.